The molecule has 15 heavy (non-hydrogen) atoms. The van der Waals surface area contributed by atoms with Crippen LogP contribution in [-0.4, -0.2) is 23.3 Å². The van der Waals surface area contributed by atoms with Crippen LogP contribution in [0, 0.1) is 11.3 Å². The average molecular weight is 211 g/mol. The molecule has 0 aromatic carbocycles. The second-order valence-corrected chi connectivity index (χ2v) is 5.31. The minimum atomic E-state index is -0.109. The maximum absolute atomic E-state index is 11.8. The minimum Gasteiger partial charge on any atom is -0.282 e. The third kappa shape index (κ3) is 2.80. The Morgan fingerprint density at radius 3 is 2.07 bits per heavy atom. The summed E-state index contributed by atoms with van der Waals surface area (Å²) in [7, 11) is 0. The van der Waals surface area contributed by atoms with E-state index in [0.29, 0.717) is 25.3 Å². The van der Waals surface area contributed by atoms with Crippen LogP contribution >= 0.6 is 0 Å². The van der Waals surface area contributed by atoms with Gasteiger partial charge in [0.25, 0.3) is 0 Å². The first-order chi connectivity index (χ1) is 6.88. The smallest absolute Gasteiger partial charge is 0.229 e. The van der Waals surface area contributed by atoms with E-state index in [4.69, 9.17) is 0 Å². The van der Waals surface area contributed by atoms with E-state index in [0.717, 1.165) is 6.42 Å². The highest BCUT2D eigenvalue weighted by atomic mass is 16.2. The molecule has 1 aliphatic rings. The van der Waals surface area contributed by atoms with Crippen molar-refractivity contribution in [1.29, 1.82) is 0 Å². The van der Waals surface area contributed by atoms with E-state index in [1.807, 2.05) is 27.7 Å². The van der Waals surface area contributed by atoms with Gasteiger partial charge < -0.3 is 0 Å². The van der Waals surface area contributed by atoms with Gasteiger partial charge in [-0.15, -0.1) is 0 Å². The van der Waals surface area contributed by atoms with Crippen LogP contribution in [0.15, 0.2) is 0 Å². The molecule has 3 heteroatoms. The molecular weight excluding hydrogens is 190 g/mol. The van der Waals surface area contributed by atoms with Crippen molar-refractivity contribution in [1.82, 2.24) is 4.90 Å². The summed E-state index contributed by atoms with van der Waals surface area (Å²) < 4.78 is 0. The Labute approximate surface area is 91.8 Å². The van der Waals surface area contributed by atoms with Crippen LogP contribution in [0.25, 0.3) is 0 Å². The van der Waals surface area contributed by atoms with Crippen LogP contribution in [0.1, 0.15) is 47.0 Å². The summed E-state index contributed by atoms with van der Waals surface area (Å²) in [6.45, 7) is 8.67. The second kappa shape index (κ2) is 4.33. The number of hydrogen-bond donors (Lipinski definition) is 0. The Kier molecular flexibility index (Phi) is 3.53. The van der Waals surface area contributed by atoms with Crippen molar-refractivity contribution in [2.24, 2.45) is 11.3 Å². The highest BCUT2D eigenvalue weighted by molar-refractivity contribution is 5.98. The van der Waals surface area contributed by atoms with Gasteiger partial charge in [0, 0.05) is 19.4 Å². The molecule has 1 rings (SSSR count). The van der Waals surface area contributed by atoms with Crippen LogP contribution in [0.4, 0.5) is 0 Å². The molecule has 0 spiro atoms. The molecule has 0 aliphatic carbocycles. The highest BCUT2D eigenvalue weighted by Crippen LogP contribution is 2.35. The average Bonchev–Trinajstić information content (AvgIpc) is 2.11. The van der Waals surface area contributed by atoms with Gasteiger partial charge in [-0.2, -0.15) is 0 Å². The molecule has 1 heterocycles. The molecule has 1 fully saturated rings. The van der Waals surface area contributed by atoms with Crippen LogP contribution in [0.5, 0.6) is 0 Å². The molecule has 2 amide bonds. The highest BCUT2D eigenvalue weighted by Gasteiger charge is 2.39. The second-order valence-electron chi connectivity index (χ2n) is 5.31. The summed E-state index contributed by atoms with van der Waals surface area (Å²) in [6, 6.07) is 0. The maximum atomic E-state index is 11.8. The zero-order chi connectivity index (χ0) is 11.6. The number of hydrogen-bond acceptors (Lipinski definition) is 2. The van der Waals surface area contributed by atoms with Gasteiger partial charge in [-0.25, -0.2) is 0 Å². The summed E-state index contributed by atoms with van der Waals surface area (Å²) in [6.07, 6.45) is 1.92. The molecule has 0 atom stereocenters. The van der Waals surface area contributed by atoms with E-state index in [2.05, 4.69) is 0 Å². The predicted octanol–water partition coefficient (Wildman–Crippen LogP) is 2.21. The van der Waals surface area contributed by atoms with Gasteiger partial charge in [0.1, 0.15) is 0 Å². The molecule has 0 N–H and O–H groups in total. The van der Waals surface area contributed by atoms with Gasteiger partial charge in [0.2, 0.25) is 11.8 Å². The Balaban J connectivity index is 2.73. The summed E-state index contributed by atoms with van der Waals surface area (Å²) in [5, 5.41) is 0. The van der Waals surface area contributed by atoms with Crippen molar-refractivity contribution < 1.29 is 9.59 Å². The molecule has 0 radical (unpaired) electrons. The number of carbonyl (C=O) groups is 2. The topological polar surface area (TPSA) is 37.4 Å². The van der Waals surface area contributed by atoms with Gasteiger partial charge in [0.05, 0.1) is 0 Å². The molecule has 1 saturated heterocycles. The number of imide groups is 1. The largest absolute Gasteiger partial charge is 0.282 e. The van der Waals surface area contributed by atoms with E-state index >= 15 is 0 Å². The van der Waals surface area contributed by atoms with Gasteiger partial charge in [-0.3, -0.25) is 14.5 Å². The normalized spacial score (nSPS) is 21.3. The lowest BCUT2D eigenvalue weighted by atomic mass is 9.77. The summed E-state index contributed by atoms with van der Waals surface area (Å²) >= 11 is 0. The first kappa shape index (κ1) is 12.2. The third-order valence-electron chi connectivity index (χ3n) is 3.16. The fraction of sp³-hybridized carbons (Fsp3) is 0.833. The Bertz CT molecular complexity index is 253. The number of nitrogens with zero attached hydrogens (tertiary/aromatic N) is 1. The number of piperidine rings is 1. The van der Waals surface area contributed by atoms with Crippen LogP contribution < -0.4 is 0 Å². The van der Waals surface area contributed by atoms with E-state index in [9.17, 15) is 9.59 Å². The van der Waals surface area contributed by atoms with Crippen LogP contribution in [-0.2, 0) is 9.59 Å². The first-order valence-electron chi connectivity index (χ1n) is 5.71. The fourth-order valence-corrected chi connectivity index (χ4v) is 1.94. The molecule has 0 aromatic rings. The zero-order valence-electron chi connectivity index (χ0n) is 10.2. The Morgan fingerprint density at radius 1 is 1.27 bits per heavy atom. The van der Waals surface area contributed by atoms with Crippen molar-refractivity contribution in [3.05, 3.63) is 0 Å². The number of carbonyl (C=O) groups excluding carboxylic acids is 2. The van der Waals surface area contributed by atoms with Crippen molar-refractivity contribution in [3.63, 3.8) is 0 Å². The van der Waals surface area contributed by atoms with Gasteiger partial charge in [0.15, 0.2) is 0 Å². The molecular formula is C12H21NO2. The zero-order valence-corrected chi connectivity index (χ0v) is 10.2. The Hall–Kier alpha value is -0.860. The summed E-state index contributed by atoms with van der Waals surface area (Å²) in [5.74, 6) is 0.359. The lowest BCUT2D eigenvalue weighted by molar-refractivity contribution is -0.153. The number of amides is 2. The fourth-order valence-electron chi connectivity index (χ4n) is 1.94. The standard InChI is InChI=1S/C12H21NO2/c1-5-12(4)6-10(14)13(8-9(2)3)11(15)7-12/h9H,5-8H2,1-4H3. The molecule has 86 valence electrons. The van der Waals surface area contributed by atoms with Crippen LogP contribution in [0.2, 0.25) is 0 Å². The SMILES string of the molecule is CCC1(C)CC(=O)N(CC(C)C)C(=O)C1. The lowest BCUT2D eigenvalue weighted by Gasteiger charge is -2.37. The number of rotatable bonds is 3. The Morgan fingerprint density at radius 2 is 1.73 bits per heavy atom. The summed E-state index contributed by atoms with van der Waals surface area (Å²) in [4.78, 5) is 25.1. The van der Waals surface area contributed by atoms with Crippen LogP contribution in [0.3, 0.4) is 0 Å². The van der Waals surface area contributed by atoms with Crippen molar-refractivity contribution in [3.8, 4) is 0 Å². The molecule has 0 unspecified atom stereocenters. The maximum Gasteiger partial charge on any atom is 0.229 e. The molecule has 0 bridgehead atoms. The van der Waals surface area contributed by atoms with Crippen molar-refractivity contribution in [2.45, 2.75) is 47.0 Å². The minimum absolute atomic E-state index is 0.00398. The third-order valence-corrected chi connectivity index (χ3v) is 3.16. The lowest BCUT2D eigenvalue weighted by Crippen LogP contribution is -2.48. The quantitative estimate of drug-likeness (QED) is 0.671. The van der Waals surface area contributed by atoms with Gasteiger partial charge >= 0.3 is 0 Å². The van der Waals surface area contributed by atoms with Gasteiger partial charge in [-0.1, -0.05) is 27.7 Å². The molecule has 3 nitrogen and oxygen atoms in total. The molecule has 0 saturated carbocycles. The van der Waals surface area contributed by atoms with E-state index < -0.39 is 0 Å². The number of likely N-dealkylation sites (tertiary alicyclic amines) is 1. The van der Waals surface area contributed by atoms with Crippen molar-refractivity contribution in [2.75, 3.05) is 6.54 Å². The predicted molar refractivity (Wildman–Crippen MR) is 59.2 cm³/mol. The van der Waals surface area contributed by atoms with E-state index in [1.54, 1.807) is 0 Å². The molecule has 0 aromatic heterocycles. The van der Waals surface area contributed by atoms with E-state index in [-0.39, 0.29) is 17.2 Å². The monoisotopic (exact) mass is 211 g/mol. The first-order valence-corrected chi connectivity index (χ1v) is 5.71. The summed E-state index contributed by atoms with van der Waals surface area (Å²) in [5.41, 5.74) is -0.109. The van der Waals surface area contributed by atoms with Gasteiger partial charge in [-0.05, 0) is 17.8 Å². The molecule has 1 aliphatic heterocycles. The van der Waals surface area contributed by atoms with Crippen molar-refractivity contribution >= 4 is 11.8 Å². The van der Waals surface area contributed by atoms with E-state index in [1.165, 1.54) is 4.90 Å².